The van der Waals surface area contributed by atoms with Crippen LogP contribution in [-0.4, -0.2) is 43.1 Å². The molecule has 220 valence electrons. The fourth-order valence-corrected chi connectivity index (χ4v) is 4.97. The number of amides is 4. The highest BCUT2D eigenvalue weighted by Gasteiger charge is 2.36. The maximum Gasteiger partial charge on any atom is 0.331 e. The zero-order valence-corrected chi connectivity index (χ0v) is 25.5. The fraction of sp³-hybridized carbons (Fsp3) is 0.258. The minimum Gasteiger partial charge on any atom is -0.493 e. The Morgan fingerprint density at radius 1 is 0.929 bits per heavy atom. The van der Waals surface area contributed by atoms with Gasteiger partial charge in [0.25, 0.3) is 11.8 Å². The molecule has 11 heteroatoms. The summed E-state index contributed by atoms with van der Waals surface area (Å²) in [5.74, 6) is -0.0540. The molecule has 0 atom stereocenters. The molecule has 4 amide bonds. The van der Waals surface area contributed by atoms with E-state index in [1.807, 2.05) is 13.8 Å². The Kier molecular flexibility index (Phi) is 10.4. The van der Waals surface area contributed by atoms with Crippen LogP contribution in [0.25, 0.3) is 6.08 Å². The summed E-state index contributed by atoms with van der Waals surface area (Å²) in [6, 6.07) is 13.8. The standard InChI is InChI=1S/C31H30FIN2O7/c1-4-11-41-25-10-9-19(15-26(25)39-3)17-35-30(37)23(29(36)34-31(35)38)13-21-14-24(33)28(27(16-21)40-5-2)42-18-20-7-6-8-22(32)12-20/h6-10,12-16H,4-5,11,17-18H2,1-3H3,(H,34,36,38)/b23-13+. The first-order valence-electron chi connectivity index (χ1n) is 13.3. The maximum absolute atomic E-state index is 13.6. The van der Waals surface area contributed by atoms with Gasteiger partial charge in [-0.05, 0) is 95.1 Å². The minimum atomic E-state index is -0.821. The zero-order chi connectivity index (χ0) is 30.2. The molecule has 0 saturated carbocycles. The van der Waals surface area contributed by atoms with E-state index in [4.69, 9.17) is 18.9 Å². The summed E-state index contributed by atoms with van der Waals surface area (Å²) in [4.78, 5) is 39.8. The number of hydrogen-bond acceptors (Lipinski definition) is 7. The first kappa shape index (κ1) is 30.8. The molecule has 1 saturated heterocycles. The summed E-state index contributed by atoms with van der Waals surface area (Å²) < 4.78 is 37.1. The number of carbonyl (C=O) groups is 3. The van der Waals surface area contributed by atoms with Crippen molar-refractivity contribution < 1.29 is 37.7 Å². The van der Waals surface area contributed by atoms with Crippen LogP contribution in [0.1, 0.15) is 37.0 Å². The summed E-state index contributed by atoms with van der Waals surface area (Å²) in [7, 11) is 1.51. The number of methoxy groups -OCH3 is 1. The number of hydrogen-bond donors (Lipinski definition) is 1. The van der Waals surface area contributed by atoms with Gasteiger partial charge in [0.2, 0.25) is 0 Å². The fourth-order valence-electron chi connectivity index (χ4n) is 4.18. The van der Waals surface area contributed by atoms with E-state index >= 15 is 0 Å². The van der Waals surface area contributed by atoms with E-state index < -0.39 is 17.8 Å². The topological polar surface area (TPSA) is 103 Å². The lowest BCUT2D eigenvalue weighted by molar-refractivity contribution is -0.130. The molecule has 0 aliphatic carbocycles. The third kappa shape index (κ3) is 7.38. The molecule has 1 fully saturated rings. The van der Waals surface area contributed by atoms with E-state index in [-0.39, 0.29) is 24.5 Å². The Bertz CT molecular complexity index is 1530. The van der Waals surface area contributed by atoms with E-state index in [0.717, 1.165) is 11.3 Å². The Balaban J connectivity index is 1.59. The molecule has 3 aromatic carbocycles. The average Bonchev–Trinajstić information content (AvgIpc) is 2.96. The number of nitrogens with one attached hydrogen (secondary N) is 1. The monoisotopic (exact) mass is 688 g/mol. The van der Waals surface area contributed by atoms with Gasteiger partial charge in [0.15, 0.2) is 23.0 Å². The van der Waals surface area contributed by atoms with Gasteiger partial charge in [0.1, 0.15) is 18.0 Å². The van der Waals surface area contributed by atoms with Crippen molar-refractivity contribution in [1.82, 2.24) is 10.2 Å². The third-order valence-electron chi connectivity index (χ3n) is 6.13. The number of urea groups is 1. The molecule has 1 aliphatic heterocycles. The maximum atomic E-state index is 13.6. The third-order valence-corrected chi connectivity index (χ3v) is 6.93. The summed E-state index contributed by atoms with van der Waals surface area (Å²) >= 11 is 2.06. The van der Waals surface area contributed by atoms with Crippen LogP contribution in [0.4, 0.5) is 9.18 Å². The van der Waals surface area contributed by atoms with Crippen molar-refractivity contribution in [1.29, 1.82) is 0 Å². The highest BCUT2D eigenvalue weighted by molar-refractivity contribution is 14.1. The molecule has 4 rings (SSSR count). The molecule has 3 aromatic rings. The molecule has 0 spiro atoms. The lowest BCUT2D eigenvalue weighted by atomic mass is 10.1. The SMILES string of the molecule is CCCOc1ccc(CN2C(=O)NC(=O)/C(=C\c3cc(I)c(OCc4cccc(F)c4)c(OCC)c3)C2=O)cc1OC. The second-order valence-corrected chi connectivity index (χ2v) is 10.4. The van der Waals surface area contributed by atoms with Crippen LogP contribution in [-0.2, 0) is 22.7 Å². The molecule has 1 aliphatic rings. The van der Waals surface area contributed by atoms with Crippen LogP contribution in [0.15, 0.2) is 60.2 Å². The van der Waals surface area contributed by atoms with Crippen molar-refractivity contribution in [3.05, 3.63) is 86.2 Å². The van der Waals surface area contributed by atoms with Crippen LogP contribution in [0.2, 0.25) is 0 Å². The first-order chi connectivity index (χ1) is 20.2. The van der Waals surface area contributed by atoms with Crippen molar-refractivity contribution >= 4 is 46.5 Å². The van der Waals surface area contributed by atoms with Gasteiger partial charge in [0.05, 0.1) is 30.4 Å². The van der Waals surface area contributed by atoms with E-state index in [0.29, 0.717) is 56.5 Å². The van der Waals surface area contributed by atoms with Crippen molar-refractivity contribution in [3.63, 3.8) is 0 Å². The zero-order valence-electron chi connectivity index (χ0n) is 23.4. The van der Waals surface area contributed by atoms with Crippen molar-refractivity contribution in [2.45, 2.75) is 33.4 Å². The number of carbonyl (C=O) groups excluding carboxylic acids is 3. The number of benzene rings is 3. The second-order valence-electron chi connectivity index (χ2n) is 9.22. The van der Waals surface area contributed by atoms with E-state index in [9.17, 15) is 18.8 Å². The molecule has 0 bridgehead atoms. The van der Waals surface area contributed by atoms with Crippen LogP contribution >= 0.6 is 22.6 Å². The predicted molar refractivity (Wildman–Crippen MR) is 162 cm³/mol. The minimum absolute atomic E-state index is 0.0890. The summed E-state index contributed by atoms with van der Waals surface area (Å²) in [5, 5.41) is 2.24. The summed E-state index contributed by atoms with van der Waals surface area (Å²) in [6.07, 6.45) is 2.23. The molecular formula is C31H30FIN2O7. The number of barbiturate groups is 1. The molecular weight excluding hydrogens is 658 g/mol. The Hall–Kier alpha value is -4.13. The lowest BCUT2D eigenvalue weighted by Gasteiger charge is -2.26. The van der Waals surface area contributed by atoms with E-state index in [1.54, 1.807) is 42.5 Å². The highest BCUT2D eigenvalue weighted by atomic mass is 127. The van der Waals surface area contributed by atoms with E-state index in [1.165, 1.54) is 25.3 Å². The van der Waals surface area contributed by atoms with Crippen LogP contribution in [0.5, 0.6) is 23.0 Å². The smallest absolute Gasteiger partial charge is 0.331 e. The predicted octanol–water partition coefficient (Wildman–Crippen LogP) is 5.87. The number of rotatable bonds is 12. The number of halogens is 2. The number of ether oxygens (including phenoxy) is 4. The number of nitrogens with zero attached hydrogens (tertiary/aromatic N) is 1. The van der Waals surface area contributed by atoms with Gasteiger partial charge in [-0.2, -0.15) is 0 Å². The summed E-state index contributed by atoms with van der Waals surface area (Å²) in [6.45, 7) is 4.68. The number of imide groups is 2. The molecule has 1 N–H and O–H groups in total. The Morgan fingerprint density at radius 2 is 1.74 bits per heavy atom. The molecule has 0 aromatic heterocycles. The van der Waals surface area contributed by atoms with Crippen molar-refractivity contribution in [3.8, 4) is 23.0 Å². The molecule has 1 heterocycles. The van der Waals surface area contributed by atoms with Crippen LogP contribution < -0.4 is 24.3 Å². The molecule has 42 heavy (non-hydrogen) atoms. The van der Waals surface area contributed by atoms with Gasteiger partial charge in [-0.25, -0.2) is 9.18 Å². The molecule has 0 radical (unpaired) electrons. The highest BCUT2D eigenvalue weighted by Crippen LogP contribution is 2.36. The average molecular weight is 688 g/mol. The van der Waals surface area contributed by atoms with Gasteiger partial charge in [0, 0.05) is 0 Å². The molecule has 9 nitrogen and oxygen atoms in total. The van der Waals surface area contributed by atoms with Crippen LogP contribution in [0.3, 0.4) is 0 Å². The van der Waals surface area contributed by atoms with Crippen molar-refractivity contribution in [2.75, 3.05) is 20.3 Å². The van der Waals surface area contributed by atoms with Gasteiger partial charge >= 0.3 is 6.03 Å². The van der Waals surface area contributed by atoms with Gasteiger partial charge < -0.3 is 18.9 Å². The molecule has 0 unspecified atom stereocenters. The van der Waals surface area contributed by atoms with Gasteiger partial charge in [-0.3, -0.25) is 19.8 Å². The van der Waals surface area contributed by atoms with Crippen LogP contribution in [0, 0.1) is 9.39 Å². The summed E-state index contributed by atoms with van der Waals surface area (Å²) in [5.41, 5.74) is 1.54. The largest absolute Gasteiger partial charge is 0.493 e. The Morgan fingerprint density at radius 3 is 2.45 bits per heavy atom. The second kappa shape index (κ2) is 14.2. The van der Waals surface area contributed by atoms with Gasteiger partial charge in [-0.15, -0.1) is 0 Å². The normalized spacial score (nSPS) is 14.2. The van der Waals surface area contributed by atoms with E-state index in [2.05, 4.69) is 27.9 Å². The quantitative estimate of drug-likeness (QED) is 0.144. The Labute approximate surface area is 256 Å². The first-order valence-corrected chi connectivity index (χ1v) is 14.3. The van der Waals surface area contributed by atoms with Gasteiger partial charge in [-0.1, -0.05) is 25.1 Å². The van der Waals surface area contributed by atoms with Crippen molar-refractivity contribution in [2.24, 2.45) is 0 Å². The lowest BCUT2D eigenvalue weighted by Crippen LogP contribution is -2.53.